The molecule has 9 heavy (non-hydrogen) atoms. The van der Waals surface area contributed by atoms with Crippen molar-refractivity contribution in [1.82, 2.24) is 0 Å². The zero-order valence-corrected chi connectivity index (χ0v) is 4.88. The molecule has 0 saturated heterocycles. The maximum absolute atomic E-state index is 11.7. The van der Waals surface area contributed by atoms with Crippen molar-refractivity contribution in [3.05, 3.63) is 11.4 Å². The molecule has 54 valence electrons. The van der Waals surface area contributed by atoms with Crippen molar-refractivity contribution in [2.24, 2.45) is 0 Å². The Balaban J connectivity index is 3.88. The molecule has 0 heterocycles. The molecule has 0 amide bonds. The standard InChI is InChI=1S/C4H3ClF4/c5-2(1-6)3(7)4(8)9/h1,3-4H. The maximum atomic E-state index is 11.7. The van der Waals surface area contributed by atoms with Gasteiger partial charge in [-0.3, -0.25) is 0 Å². The second-order valence-electron chi connectivity index (χ2n) is 1.23. The van der Waals surface area contributed by atoms with E-state index in [1.54, 1.807) is 0 Å². The first-order valence-electron chi connectivity index (χ1n) is 1.97. The van der Waals surface area contributed by atoms with E-state index in [2.05, 4.69) is 11.6 Å². The molecule has 0 nitrogen and oxygen atoms in total. The van der Waals surface area contributed by atoms with Gasteiger partial charge in [-0.15, -0.1) is 0 Å². The van der Waals surface area contributed by atoms with Crippen LogP contribution in [0.5, 0.6) is 0 Å². The van der Waals surface area contributed by atoms with Gasteiger partial charge in [0, 0.05) is 0 Å². The fourth-order valence-electron chi connectivity index (χ4n) is 0.181. The van der Waals surface area contributed by atoms with Crippen molar-refractivity contribution in [2.75, 3.05) is 0 Å². The third-order valence-corrected chi connectivity index (χ3v) is 0.880. The minimum absolute atomic E-state index is 0.390. The molecule has 5 heteroatoms. The van der Waals surface area contributed by atoms with E-state index in [-0.39, 0.29) is 0 Å². The Bertz CT molecular complexity index is 111. The normalized spacial score (nSPS) is 16.4. The van der Waals surface area contributed by atoms with Crippen molar-refractivity contribution < 1.29 is 17.6 Å². The van der Waals surface area contributed by atoms with E-state index >= 15 is 0 Å². The van der Waals surface area contributed by atoms with Crippen LogP contribution in [-0.2, 0) is 0 Å². The van der Waals surface area contributed by atoms with Crippen LogP contribution in [0, 0.1) is 0 Å². The highest BCUT2D eigenvalue weighted by molar-refractivity contribution is 6.30. The van der Waals surface area contributed by atoms with E-state index in [1.807, 2.05) is 0 Å². The molecule has 0 fully saturated rings. The van der Waals surface area contributed by atoms with Crippen LogP contribution in [0.4, 0.5) is 17.6 Å². The van der Waals surface area contributed by atoms with Gasteiger partial charge in [0.15, 0.2) is 6.17 Å². The molecule has 0 N–H and O–H groups in total. The van der Waals surface area contributed by atoms with Crippen LogP contribution in [0.3, 0.4) is 0 Å². The molecule has 0 aromatic rings. The summed E-state index contributed by atoms with van der Waals surface area (Å²) in [4.78, 5) is 0. The molecule has 0 saturated carbocycles. The average Bonchev–Trinajstić information content (AvgIpc) is 1.84. The highest BCUT2D eigenvalue weighted by Crippen LogP contribution is 2.18. The van der Waals surface area contributed by atoms with E-state index < -0.39 is 24.0 Å². The molecule has 1 unspecified atom stereocenters. The smallest absolute Gasteiger partial charge is 0.235 e. The van der Waals surface area contributed by atoms with Crippen LogP contribution in [0.2, 0.25) is 0 Å². The van der Waals surface area contributed by atoms with Crippen LogP contribution in [0.1, 0.15) is 0 Å². The van der Waals surface area contributed by atoms with E-state index in [4.69, 9.17) is 0 Å². The van der Waals surface area contributed by atoms with Gasteiger partial charge in [0.2, 0.25) is 0 Å². The number of hydrogen-bond donors (Lipinski definition) is 0. The lowest BCUT2D eigenvalue weighted by atomic mass is 10.4. The molecule has 0 radical (unpaired) electrons. The summed E-state index contributed by atoms with van der Waals surface area (Å²) in [6, 6.07) is 0. The van der Waals surface area contributed by atoms with Crippen molar-refractivity contribution >= 4 is 11.6 Å². The predicted molar refractivity (Wildman–Crippen MR) is 25.9 cm³/mol. The summed E-state index contributed by atoms with van der Waals surface area (Å²) in [6.07, 6.45) is -6.35. The second kappa shape index (κ2) is 3.71. The third-order valence-electron chi connectivity index (χ3n) is 0.589. The Kier molecular flexibility index (Phi) is 3.61. The fraction of sp³-hybridized carbons (Fsp3) is 0.500. The zero-order chi connectivity index (χ0) is 7.44. The second-order valence-corrected chi connectivity index (χ2v) is 1.67. The van der Waals surface area contributed by atoms with Crippen molar-refractivity contribution in [3.63, 3.8) is 0 Å². The lowest BCUT2D eigenvalue weighted by Crippen LogP contribution is -2.11. The van der Waals surface area contributed by atoms with Gasteiger partial charge in [0.25, 0.3) is 6.43 Å². The third kappa shape index (κ3) is 2.70. The van der Waals surface area contributed by atoms with Crippen LogP contribution < -0.4 is 0 Å². The summed E-state index contributed by atoms with van der Waals surface area (Å²) in [7, 11) is 0. The van der Waals surface area contributed by atoms with E-state index in [0.717, 1.165) is 0 Å². The minimum Gasteiger partial charge on any atom is -0.235 e. The van der Waals surface area contributed by atoms with Crippen LogP contribution in [0.25, 0.3) is 0 Å². The van der Waals surface area contributed by atoms with E-state index in [9.17, 15) is 17.6 Å². The summed E-state index contributed by atoms with van der Waals surface area (Å²) in [5.74, 6) is 0. The molecule has 0 aliphatic heterocycles. The molecule has 0 bridgehead atoms. The van der Waals surface area contributed by atoms with Crippen LogP contribution in [-0.4, -0.2) is 12.6 Å². The summed E-state index contributed by atoms with van der Waals surface area (Å²) >= 11 is 4.64. The molecular weight excluding hydrogens is 159 g/mol. The highest BCUT2D eigenvalue weighted by Gasteiger charge is 2.22. The van der Waals surface area contributed by atoms with Gasteiger partial charge in [0.05, 0.1) is 5.03 Å². The highest BCUT2D eigenvalue weighted by atomic mass is 35.5. The van der Waals surface area contributed by atoms with Gasteiger partial charge in [-0.1, -0.05) is 11.6 Å². The molecule has 0 aromatic heterocycles. The van der Waals surface area contributed by atoms with Crippen LogP contribution in [0.15, 0.2) is 11.4 Å². The maximum Gasteiger partial charge on any atom is 0.274 e. The van der Waals surface area contributed by atoms with Gasteiger partial charge in [-0.05, 0) is 0 Å². The molecule has 1 atom stereocenters. The Morgan fingerprint density at radius 1 is 1.33 bits per heavy atom. The summed E-state index contributed by atoms with van der Waals surface area (Å²) < 4.78 is 45.3. The number of allylic oxidation sites excluding steroid dienone is 1. The van der Waals surface area contributed by atoms with Crippen molar-refractivity contribution in [3.8, 4) is 0 Å². The quantitative estimate of drug-likeness (QED) is 0.548. The van der Waals surface area contributed by atoms with Crippen molar-refractivity contribution in [1.29, 1.82) is 0 Å². The van der Waals surface area contributed by atoms with E-state index in [0.29, 0.717) is 0 Å². The van der Waals surface area contributed by atoms with Gasteiger partial charge in [-0.25, -0.2) is 17.6 Å². The van der Waals surface area contributed by atoms with Gasteiger partial charge >= 0.3 is 0 Å². The summed E-state index contributed by atoms with van der Waals surface area (Å²) in [6.45, 7) is 0. The Morgan fingerprint density at radius 3 is 1.89 bits per heavy atom. The number of halogens is 5. The summed E-state index contributed by atoms with van der Waals surface area (Å²) in [5, 5.41) is -1.11. The van der Waals surface area contributed by atoms with Gasteiger partial charge in [-0.2, -0.15) is 0 Å². The van der Waals surface area contributed by atoms with E-state index in [1.165, 1.54) is 0 Å². The zero-order valence-electron chi connectivity index (χ0n) is 4.12. The molecule has 0 rings (SSSR count). The number of hydrogen-bond acceptors (Lipinski definition) is 0. The Labute approximate surface area is 54.1 Å². The van der Waals surface area contributed by atoms with Crippen LogP contribution >= 0.6 is 11.6 Å². The molecule has 0 aliphatic carbocycles. The summed E-state index contributed by atoms with van der Waals surface area (Å²) in [5.41, 5.74) is 0. The first-order valence-corrected chi connectivity index (χ1v) is 2.35. The minimum atomic E-state index is -3.26. The SMILES string of the molecule is FC=C(Cl)C(F)C(F)F. The number of alkyl halides is 3. The first kappa shape index (κ1) is 8.75. The van der Waals surface area contributed by atoms with Gasteiger partial charge in [0.1, 0.15) is 6.33 Å². The monoisotopic (exact) mass is 162 g/mol. The first-order chi connectivity index (χ1) is 4.09. The Morgan fingerprint density at radius 2 is 1.78 bits per heavy atom. The Hall–Kier alpha value is -0.250. The predicted octanol–water partition coefficient (Wildman–Crippen LogP) is 2.64. The lowest BCUT2D eigenvalue weighted by molar-refractivity contribution is 0.0722. The molecule has 0 aromatic carbocycles. The topological polar surface area (TPSA) is 0 Å². The fourth-order valence-corrected chi connectivity index (χ4v) is 0.276. The van der Waals surface area contributed by atoms with Crippen molar-refractivity contribution in [2.45, 2.75) is 12.6 Å². The largest absolute Gasteiger partial charge is 0.274 e. The lowest BCUT2D eigenvalue weighted by Gasteiger charge is -2.01. The molecule has 0 spiro atoms. The average molecular weight is 163 g/mol. The molecule has 0 aliphatic rings. The van der Waals surface area contributed by atoms with Gasteiger partial charge < -0.3 is 0 Å². The molecular formula is C4H3ClF4. The number of rotatable bonds is 2.